The van der Waals surface area contributed by atoms with Gasteiger partial charge in [-0.15, -0.1) is 0 Å². The average molecular weight is 339 g/mol. The zero-order chi connectivity index (χ0) is 17.9. The Morgan fingerprint density at radius 2 is 1.68 bits per heavy atom. The maximum absolute atomic E-state index is 11.6. The zero-order valence-electron chi connectivity index (χ0n) is 15.1. The molecular formula is C22H29NO2. The topological polar surface area (TPSA) is 49.3 Å². The van der Waals surface area contributed by atoms with Crippen molar-refractivity contribution >= 4 is 11.7 Å². The second kappa shape index (κ2) is 10.5. The van der Waals surface area contributed by atoms with Gasteiger partial charge in [-0.2, -0.15) is 0 Å². The summed E-state index contributed by atoms with van der Waals surface area (Å²) in [7, 11) is 0. The summed E-state index contributed by atoms with van der Waals surface area (Å²) >= 11 is 0. The number of hydrogen-bond acceptors (Lipinski definition) is 2. The summed E-state index contributed by atoms with van der Waals surface area (Å²) in [5.41, 5.74) is 2.88. The van der Waals surface area contributed by atoms with Crippen molar-refractivity contribution in [2.75, 3.05) is 5.32 Å². The molecule has 3 heteroatoms. The molecule has 134 valence electrons. The number of aliphatic carboxylic acids is 1. The number of rotatable bonds is 11. The minimum atomic E-state index is -0.868. The quantitative estimate of drug-likeness (QED) is 0.507. The first kappa shape index (κ1) is 19.0. The van der Waals surface area contributed by atoms with Crippen LogP contribution >= 0.6 is 0 Å². The molecule has 0 saturated heterocycles. The maximum Gasteiger partial charge on any atom is 0.330 e. The fourth-order valence-corrected chi connectivity index (χ4v) is 3.03. The highest BCUT2D eigenvalue weighted by Gasteiger charge is 2.19. The summed E-state index contributed by atoms with van der Waals surface area (Å²) in [5.74, 6) is -0.868. The second-order valence-corrected chi connectivity index (χ2v) is 6.54. The van der Waals surface area contributed by atoms with Gasteiger partial charge in [0.1, 0.15) is 0 Å². The molecule has 0 aliphatic carbocycles. The van der Waals surface area contributed by atoms with Crippen molar-refractivity contribution in [1.29, 1.82) is 0 Å². The van der Waals surface area contributed by atoms with Gasteiger partial charge < -0.3 is 10.4 Å². The molecular weight excluding hydrogens is 310 g/mol. The van der Waals surface area contributed by atoms with E-state index in [1.165, 1.54) is 44.1 Å². The predicted octanol–water partition coefficient (Wildman–Crippen LogP) is 5.83. The van der Waals surface area contributed by atoms with Crippen LogP contribution in [0.2, 0.25) is 0 Å². The molecule has 1 atom stereocenters. The maximum atomic E-state index is 11.6. The highest BCUT2D eigenvalue weighted by molar-refractivity contribution is 5.79. The molecule has 0 radical (unpaired) electrons. The first-order valence-corrected chi connectivity index (χ1v) is 9.34. The predicted molar refractivity (Wildman–Crippen MR) is 104 cm³/mol. The monoisotopic (exact) mass is 339 g/mol. The Morgan fingerprint density at radius 1 is 0.960 bits per heavy atom. The van der Waals surface area contributed by atoms with Gasteiger partial charge in [0.15, 0.2) is 6.04 Å². The number of carboxylic acid groups (broad SMARTS) is 1. The van der Waals surface area contributed by atoms with Gasteiger partial charge in [-0.3, -0.25) is 0 Å². The van der Waals surface area contributed by atoms with Crippen molar-refractivity contribution in [2.24, 2.45) is 0 Å². The molecule has 0 aliphatic rings. The van der Waals surface area contributed by atoms with E-state index in [4.69, 9.17) is 0 Å². The molecule has 0 heterocycles. The summed E-state index contributed by atoms with van der Waals surface area (Å²) in [4.78, 5) is 11.6. The summed E-state index contributed by atoms with van der Waals surface area (Å²) in [5, 5.41) is 12.7. The van der Waals surface area contributed by atoms with Crippen molar-refractivity contribution in [1.82, 2.24) is 0 Å². The molecule has 3 nitrogen and oxygen atoms in total. The van der Waals surface area contributed by atoms with Crippen LogP contribution in [0.5, 0.6) is 0 Å². The number of aryl methyl sites for hydroxylation is 1. The molecule has 25 heavy (non-hydrogen) atoms. The Hall–Kier alpha value is -2.29. The third-order valence-electron chi connectivity index (χ3n) is 4.44. The van der Waals surface area contributed by atoms with Gasteiger partial charge in [-0.05, 0) is 36.1 Å². The fourth-order valence-electron chi connectivity index (χ4n) is 3.03. The largest absolute Gasteiger partial charge is 0.479 e. The van der Waals surface area contributed by atoms with Gasteiger partial charge in [0.2, 0.25) is 0 Å². The van der Waals surface area contributed by atoms with Crippen LogP contribution in [-0.4, -0.2) is 11.1 Å². The Bertz CT molecular complexity index is 639. The lowest BCUT2D eigenvalue weighted by atomic mass is 10.0. The molecule has 1 unspecified atom stereocenters. The summed E-state index contributed by atoms with van der Waals surface area (Å²) in [6.07, 6.45) is 8.74. The van der Waals surface area contributed by atoms with E-state index in [9.17, 15) is 9.90 Å². The minimum absolute atomic E-state index is 0.731. The summed E-state index contributed by atoms with van der Waals surface area (Å²) < 4.78 is 0. The van der Waals surface area contributed by atoms with Gasteiger partial charge in [-0.1, -0.05) is 81.5 Å². The van der Waals surface area contributed by atoms with Crippen LogP contribution < -0.4 is 5.32 Å². The van der Waals surface area contributed by atoms with E-state index >= 15 is 0 Å². The molecule has 2 N–H and O–H groups in total. The first-order valence-electron chi connectivity index (χ1n) is 9.34. The Kier molecular flexibility index (Phi) is 8.03. The standard InChI is InChI=1S/C22H29NO2/c1-2-3-4-5-6-8-12-18-13-11-16-20(17-18)23-21(22(24)25)19-14-9-7-10-15-19/h7,9-11,13-17,21,23H,2-6,8,12H2,1H3,(H,24,25). The number of unbranched alkanes of at least 4 members (excludes halogenated alkanes) is 5. The van der Waals surface area contributed by atoms with Gasteiger partial charge in [0, 0.05) is 5.69 Å². The third-order valence-corrected chi connectivity index (χ3v) is 4.44. The second-order valence-electron chi connectivity index (χ2n) is 6.54. The van der Waals surface area contributed by atoms with Crippen LogP contribution in [0, 0.1) is 0 Å². The first-order chi connectivity index (χ1) is 12.2. The molecule has 0 fully saturated rings. The van der Waals surface area contributed by atoms with Crippen LogP contribution in [0.15, 0.2) is 54.6 Å². The molecule has 0 bridgehead atoms. The summed E-state index contributed by atoms with van der Waals surface area (Å²) in [6.45, 7) is 2.23. The molecule has 2 rings (SSSR count). The van der Waals surface area contributed by atoms with Crippen LogP contribution in [0.4, 0.5) is 5.69 Å². The molecule has 2 aromatic carbocycles. The Balaban J connectivity index is 1.92. The van der Waals surface area contributed by atoms with Crippen LogP contribution in [0.1, 0.15) is 62.6 Å². The smallest absolute Gasteiger partial charge is 0.330 e. The van der Waals surface area contributed by atoms with E-state index in [0.29, 0.717) is 0 Å². The molecule has 0 aromatic heterocycles. The van der Waals surface area contributed by atoms with Crippen molar-refractivity contribution in [2.45, 2.75) is 57.9 Å². The lowest BCUT2D eigenvalue weighted by Crippen LogP contribution is -2.20. The summed E-state index contributed by atoms with van der Waals surface area (Å²) in [6, 6.07) is 16.7. The van der Waals surface area contributed by atoms with E-state index in [0.717, 1.165) is 17.7 Å². The molecule has 2 aromatic rings. The van der Waals surface area contributed by atoms with E-state index < -0.39 is 12.0 Å². The lowest BCUT2D eigenvalue weighted by molar-refractivity contribution is -0.138. The minimum Gasteiger partial charge on any atom is -0.479 e. The van der Waals surface area contributed by atoms with E-state index in [2.05, 4.69) is 24.4 Å². The van der Waals surface area contributed by atoms with Crippen molar-refractivity contribution in [3.05, 3.63) is 65.7 Å². The normalized spacial score (nSPS) is 11.9. The van der Waals surface area contributed by atoms with Crippen LogP contribution in [-0.2, 0) is 11.2 Å². The zero-order valence-corrected chi connectivity index (χ0v) is 15.1. The number of hydrogen-bond donors (Lipinski definition) is 2. The van der Waals surface area contributed by atoms with E-state index in [-0.39, 0.29) is 0 Å². The fraction of sp³-hybridized carbons (Fsp3) is 0.409. The highest BCUT2D eigenvalue weighted by atomic mass is 16.4. The number of carbonyl (C=O) groups is 1. The number of carboxylic acids is 1. The van der Waals surface area contributed by atoms with Crippen molar-refractivity contribution in [3.63, 3.8) is 0 Å². The number of nitrogens with one attached hydrogen (secondary N) is 1. The van der Waals surface area contributed by atoms with Gasteiger partial charge in [-0.25, -0.2) is 4.79 Å². The van der Waals surface area contributed by atoms with Crippen LogP contribution in [0.25, 0.3) is 0 Å². The SMILES string of the molecule is CCCCCCCCc1cccc(NC(C(=O)O)c2ccccc2)c1. The molecule has 0 spiro atoms. The Labute approximate surface area is 151 Å². The van der Waals surface area contributed by atoms with E-state index in [1.54, 1.807) is 0 Å². The molecule has 0 aliphatic heterocycles. The van der Waals surface area contributed by atoms with Crippen molar-refractivity contribution in [3.8, 4) is 0 Å². The number of anilines is 1. The lowest BCUT2D eigenvalue weighted by Gasteiger charge is -2.17. The molecule has 0 saturated carbocycles. The van der Waals surface area contributed by atoms with E-state index in [1.807, 2.05) is 42.5 Å². The van der Waals surface area contributed by atoms with Gasteiger partial charge in [0.05, 0.1) is 0 Å². The third kappa shape index (κ3) is 6.61. The molecule has 0 amide bonds. The highest BCUT2D eigenvalue weighted by Crippen LogP contribution is 2.21. The van der Waals surface area contributed by atoms with Gasteiger partial charge in [0.25, 0.3) is 0 Å². The Morgan fingerprint density at radius 3 is 2.40 bits per heavy atom. The van der Waals surface area contributed by atoms with Gasteiger partial charge >= 0.3 is 5.97 Å². The number of benzene rings is 2. The van der Waals surface area contributed by atoms with Crippen LogP contribution in [0.3, 0.4) is 0 Å². The average Bonchev–Trinajstić information content (AvgIpc) is 2.63. The van der Waals surface area contributed by atoms with Crippen molar-refractivity contribution < 1.29 is 9.90 Å².